The molecule has 1 fully saturated rings. The van der Waals surface area contributed by atoms with Gasteiger partial charge in [0.2, 0.25) is 0 Å². The van der Waals surface area contributed by atoms with Crippen LogP contribution in [0.25, 0.3) is 0 Å². The smallest absolute Gasteiger partial charge is 0.322 e. The van der Waals surface area contributed by atoms with Crippen LogP contribution >= 0.6 is 31.9 Å². The minimum atomic E-state index is -1.13. The number of hydrogen-bond acceptors (Lipinski definition) is 4. The lowest BCUT2D eigenvalue weighted by atomic mass is 10.2. The third-order valence-corrected chi connectivity index (χ3v) is 5.57. The summed E-state index contributed by atoms with van der Waals surface area (Å²) in [4.78, 5) is 22.6. The Morgan fingerprint density at radius 2 is 1.90 bits per heavy atom. The second-order valence-corrected chi connectivity index (χ2v) is 8.45. The fourth-order valence-corrected chi connectivity index (χ4v) is 4.06. The van der Waals surface area contributed by atoms with Gasteiger partial charge in [0, 0.05) is 17.7 Å². The summed E-state index contributed by atoms with van der Waals surface area (Å²) in [5.41, 5.74) is 1.13. The van der Waals surface area contributed by atoms with E-state index in [1.807, 2.05) is 0 Å². The molecule has 0 heterocycles. The molecule has 1 amide bonds. The number of carboxylic acids is 1. The molecule has 0 saturated heterocycles. The Labute approximate surface area is 184 Å². The molecule has 0 unspecified atom stereocenters. The molecule has 0 bridgehead atoms. The second kappa shape index (κ2) is 9.58. The Bertz CT molecular complexity index is 912. The summed E-state index contributed by atoms with van der Waals surface area (Å²) in [5, 5.41) is 14.1. The standard InChI is InChI=1S/C20H19Br2FN2O4/c21-14-6-13(20(28)25-9-17(26)27)7-15(22)19(14)29-10-12-2-1-3-16(18(12)23)24-8-11-4-5-11/h1-3,6-7,11,24H,4-5,8-10H2,(H,25,28)(H,26,27). The summed E-state index contributed by atoms with van der Waals surface area (Å²) in [6, 6.07) is 8.17. The number of amides is 1. The van der Waals surface area contributed by atoms with Crippen molar-refractivity contribution in [2.45, 2.75) is 19.4 Å². The third-order valence-electron chi connectivity index (χ3n) is 4.39. The molecule has 0 radical (unpaired) electrons. The molecular weight excluding hydrogens is 511 g/mol. The second-order valence-electron chi connectivity index (χ2n) is 6.74. The zero-order chi connectivity index (χ0) is 21.0. The minimum Gasteiger partial charge on any atom is -0.486 e. The fraction of sp³-hybridized carbons (Fsp3) is 0.300. The van der Waals surface area contributed by atoms with E-state index in [0.29, 0.717) is 31.9 Å². The normalized spacial score (nSPS) is 13.1. The number of hydrogen-bond donors (Lipinski definition) is 3. The molecule has 0 spiro atoms. The van der Waals surface area contributed by atoms with Gasteiger partial charge in [0.15, 0.2) is 5.82 Å². The molecule has 29 heavy (non-hydrogen) atoms. The summed E-state index contributed by atoms with van der Waals surface area (Å²) in [6.45, 7) is 0.299. The number of nitrogens with one attached hydrogen (secondary N) is 2. The van der Waals surface area contributed by atoms with Gasteiger partial charge in [-0.1, -0.05) is 12.1 Å². The minimum absolute atomic E-state index is 0.00649. The molecule has 2 aromatic rings. The van der Waals surface area contributed by atoms with E-state index in [0.717, 1.165) is 6.54 Å². The molecule has 1 aliphatic rings. The first-order valence-electron chi connectivity index (χ1n) is 8.98. The quantitative estimate of drug-likeness (QED) is 0.443. The van der Waals surface area contributed by atoms with Crippen LogP contribution in [0.1, 0.15) is 28.8 Å². The number of anilines is 1. The number of halogens is 3. The van der Waals surface area contributed by atoms with Crippen molar-refractivity contribution in [3.63, 3.8) is 0 Å². The van der Waals surface area contributed by atoms with Crippen LogP contribution in [0.4, 0.5) is 10.1 Å². The highest BCUT2D eigenvalue weighted by Crippen LogP contribution is 2.36. The molecule has 3 rings (SSSR count). The summed E-state index contributed by atoms with van der Waals surface area (Å²) in [7, 11) is 0. The predicted octanol–water partition coefficient (Wildman–Crippen LogP) is 4.57. The van der Waals surface area contributed by atoms with Crippen LogP contribution in [0.5, 0.6) is 5.75 Å². The summed E-state index contributed by atoms with van der Waals surface area (Å²) in [5.74, 6) is -0.957. The molecule has 0 aliphatic heterocycles. The zero-order valence-electron chi connectivity index (χ0n) is 15.3. The Hall–Kier alpha value is -2.13. The van der Waals surface area contributed by atoms with E-state index < -0.39 is 18.4 Å². The van der Waals surface area contributed by atoms with Gasteiger partial charge < -0.3 is 20.5 Å². The van der Waals surface area contributed by atoms with E-state index >= 15 is 0 Å². The third kappa shape index (κ3) is 5.93. The predicted molar refractivity (Wildman–Crippen MR) is 114 cm³/mol. The van der Waals surface area contributed by atoms with Gasteiger partial charge in [-0.2, -0.15) is 0 Å². The Kier molecular flexibility index (Phi) is 7.13. The highest BCUT2D eigenvalue weighted by Gasteiger charge is 2.21. The number of carbonyl (C=O) groups excluding carboxylic acids is 1. The maximum Gasteiger partial charge on any atom is 0.322 e. The molecular formula is C20H19Br2FN2O4. The number of carbonyl (C=O) groups is 2. The van der Waals surface area contributed by atoms with Crippen LogP contribution in [0, 0.1) is 11.7 Å². The largest absolute Gasteiger partial charge is 0.486 e. The lowest BCUT2D eigenvalue weighted by molar-refractivity contribution is -0.135. The van der Waals surface area contributed by atoms with Crippen molar-refractivity contribution in [2.75, 3.05) is 18.4 Å². The van der Waals surface area contributed by atoms with Gasteiger partial charge in [0.1, 0.15) is 18.9 Å². The Morgan fingerprint density at radius 1 is 1.21 bits per heavy atom. The van der Waals surface area contributed by atoms with Crippen LogP contribution in [-0.4, -0.2) is 30.1 Å². The van der Waals surface area contributed by atoms with Gasteiger partial charge in [-0.25, -0.2) is 4.39 Å². The van der Waals surface area contributed by atoms with Crippen molar-refractivity contribution in [2.24, 2.45) is 5.92 Å². The summed E-state index contributed by atoms with van der Waals surface area (Å²) in [6.07, 6.45) is 2.37. The van der Waals surface area contributed by atoms with Crippen molar-refractivity contribution < 1.29 is 23.8 Å². The molecule has 0 atom stereocenters. The molecule has 1 aliphatic carbocycles. The number of benzene rings is 2. The number of aliphatic carboxylic acids is 1. The zero-order valence-corrected chi connectivity index (χ0v) is 18.5. The summed E-state index contributed by atoms with van der Waals surface area (Å²) < 4.78 is 21.4. The van der Waals surface area contributed by atoms with E-state index in [1.165, 1.54) is 25.0 Å². The number of carboxylic acid groups (broad SMARTS) is 1. The number of ether oxygens (including phenoxy) is 1. The first kappa shape index (κ1) is 21.6. The molecule has 0 aromatic heterocycles. The number of rotatable bonds is 9. The molecule has 2 aromatic carbocycles. The van der Waals surface area contributed by atoms with E-state index in [9.17, 15) is 14.0 Å². The van der Waals surface area contributed by atoms with Gasteiger partial charge in [-0.15, -0.1) is 0 Å². The van der Waals surface area contributed by atoms with Gasteiger partial charge in [0.25, 0.3) is 5.91 Å². The summed E-state index contributed by atoms with van der Waals surface area (Å²) >= 11 is 6.69. The molecule has 9 heteroatoms. The fourth-order valence-electron chi connectivity index (χ4n) is 2.64. The molecule has 6 nitrogen and oxygen atoms in total. The van der Waals surface area contributed by atoms with E-state index in [4.69, 9.17) is 9.84 Å². The first-order valence-corrected chi connectivity index (χ1v) is 10.6. The average Bonchev–Trinajstić information content (AvgIpc) is 3.50. The van der Waals surface area contributed by atoms with Crippen LogP contribution < -0.4 is 15.4 Å². The van der Waals surface area contributed by atoms with E-state index in [-0.39, 0.29) is 18.0 Å². The van der Waals surface area contributed by atoms with Gasteiger partial charge in [-0.05, 0) is 68.8 Å². The SMILES string of the molecule is O=C(O)CNC(=O)c1cc(Br)c(OCc2cccc(NCC3CC3)c2F)c(Br)c1. The highest BCUT2D eigenvalue weighted by atomic mass is 79.9. The van der Waals surface area contributed by atoms with Gasteiger partial charge in [-0.3, -0.25) is 9.59 Å². The van der Waals surface area contributed by atoms with Crippen molar-refractivity contribution in [1.29, 1.82) is 0 Å². The maximum absolute atomic E-state index is 14.7. The van der Waals surface area contributed by atoms with Crippen molar-refractivity contribution in [1.82, 2.24) is 5.32 Å². The van der Waals surface area contributed by atoms with Crippen LogP contribution in [0.3, 0.4) is 0 Å². The Morgan fingerprint density at radius 3 is 2.52 bits per heavy atom. The van der Waals surface area contributed by atoms with Crippen LogP contribution in [0.15, 0.2) is 39.3 Å². The van der Waals surface area contributed by atoms with Crippen LogP contribution in [-0.2, 0) is 11.4 Å². The molecule has 154 valence electrons. The van der Waals surface area contributed by atoms with Gasteiger partial charge in [0.05, 0.1) is 14.6 Å². The molecule has 1 saturated carbocycles. The van der Waals surface area contributed by atoms with Crippen molar-refractivity contribution >= 4 is 49.4 Å². The lowest BCUT2D eigenvalue weighted by Crippen LogP contribution is -2.29. The lowest BCUT2D eigenvalue weighted by Gasteiger charge is -2.14. The first-order chi connectivity index (χ1) is 13.8. The van der Waals surface area contributed by atoms with Crippen LogP contribution in [0.2, 0.25) is 0 Å². The van der Waals surface area contributed by atoms with Crippen molar-refractivity contribution in [3.05, 3.63) is 56.2 Å². The molecule has 3 N–H and O–H groups in total. The van der Waals surface area contributed by atoms with Gasteiger partial charge >= 0.3 is 5.97 Å². The highest BCUT2D eigenvalue weighted by molar-refractivity contribution is 9.11. The topological polar surface area (TPSA) is 87.7 Å². The van der Waals surface area contributed by atoms with Crippen molar-refractivity contribution in [3.8, 4) is 5.75 Å². The average molecular weight is 530 g/mol. The monoisotopic (exact) mass is 528 g/mol. The van der Waals surface area contributed by atoms with E-state index in [1.54, 1.807) is 18.2 Å². The van der Waals surface area contributed by atoms with E-state index in [2.05, 4.69) is 42.5 Å². The Balaban J connectivity index is 1.68. The maximum atomic E-state index is 14.7.